The Labute approximate surface area is 202 Å². The van der Waals surface area contributed by atoms with Gasteiger partial charge < -0.3 is 5.32 Å². The third-order valence-electron chi connectivity index (χ3n) is 5.54. The molecule has 0 radical (unpaired) electrons. The van der Waals surface area contributed by atoms with E-state index in [0.717, 1.165) is 31.1 Å². The van der Waals surface area contributed by atoms with Gasteiger partial charge in [-0.25, -0.2) is 19.0 Å². The van der Waals surface area contributed by atoms with Crippen LogP contribution in [0.4, 0.5) is 22.7 Å². The number of hydrogen-bond donors (Lipinski definition) is 1. The van der Waals surface area contributed by atoms with Gasteiger partial charge in [0, 0.05) is 31.6 Å². The van der Waals surface area contributed by atoms with Gasteiger partial charge in [0.05, 0.1) is 11.3 Å². The van der Waals surface area contributed by atoms with Crippen molar-refractivity contribution in [2.45, 2.75) is 26.2 Å². The van der Waals surface area contributed by atoms with E-state index in [-0.39, 0.29) is 34.1 Å². The number of amides is 1. The van der Waals surface area contributed by atoms with Crippen molar-refractivity contribution in [3.63, 3.8) is 0 Å². The van der Waals surface area contributed by atoms with E-state index in [0.29, 0.717) is 12.1 Å². The molecule has 1 aromatic carbocycles. The predicted octanol–water partition coefficient (Wildman–Crippen LogP) is 2.14. The SMILES string of the molecule is CCn1c(=O)n(CC(=O)Nc2nc(-c3ccc(C(F)(F)F)c(F)c3)cs2)c2c(=O)n(C)c(=O)n(C)c21. The molecule has 0 aliphatic carbocycles. The number of hydrogen-bond acceptors (Lipinski definition) is 6. The van der Waals surface area contributed by atoms with Crippen LogP contribution in [0.25, 0.3) is 22.4 Å². The molecule has 3 heterocycles. The smallest absolute Gasteiger partial charge is 0.300 e. The summed E-state index contributed by atoms with van der Waals surface area (Å²) in [6, 6.07) is 2.36. The zero-order chi connectivity index (χ0) is 26.5. The number of imidazole rings is 1. The lowest BCUT2D eigenvalue weighted by atomic mass is 10.1. The number of thiazole rings is 1. The Bertz CT molecular complexity index is 1690. The Balaban J connectivity index is 1.63. The van der Waals surface area contributed by atoms with E-state index < -0.39 is 46.9 Å². The van der Waals surface area contributed by atoms with Gasteiger partial charge in [0.15, 0.2) is 16.3 Å². The number of carbonyl (C=O) groups excluding carboxylic acids is 1. The number of alkyl halides is 3. The normalized spacial score (nSPS) is 11.9. The van der Waals surface area contributed by atoms with Gasteiger partial charge in [0.1, 0.15) is 12.4 Å². The van der Waals surface area contributed by atoms with Crippen LogP contribution in [0.15, 0.2) is 38.0 Å². The highest BCUT2D eigenvalue weighted by Crippen LogP contribution is 2.34. The van der Waals surface area contributed by atoms with Gasteiger partial charge in [-0.15, -0.1) is 11.3 Å². The predicted molar refractivity (Wildman–Crippen MR) is 123 cm³/mol. The summed E-state index contributed by atoms with van der Waals surface area (Å²) in [5, 5.41) is 3.92. The Kier molecular flexibility index (Phi) is 6.20. The molecule has 0 atom stereocenters. The molecular weight excluding hydrogens is 508 g/mol. The molecule has 0 unspecified atom stereocenters. The molecule has 3 aromatic heterocycles. The summed E-state index contributed by atoms with van der Waals surface area (Å²) in [6.45, 7) is 1.22. The van der Waals surface area contributed by atoms with Gasteiger partial charge in [-0.1, -0.05) is 6.07 Å². The monoisotopic (exact) mass is 526 g/mol. The first-order valence-electron chi connectivity index (χ1n) is 10.4. The molecular formula is C21H18F4N6O4S. The maximum Gasteiger partial charge on any atom is 0.419 e. The lowest BCUT2D eigenvalue weighted by Gasteiger charge is -2.08. The standard InChI is InChI=1S/C21H18F4N6O4S/c1-4-30-16-15(17(33)29(3)19(34)28(16)2)31(20(30)35)8-14(32)27-18-26-13(9-36-18)10-5-6-11(12(22)7-10)21(23,24)25/h5-7,9H,4,8H2,1-3H3,(H,26,27,32). The van der Waals surface area contributed by atoms with Crippen molar-refractivity contribution in [2.75, 3.05) is 5.32 Å². The fourth-order valence-electron chi connectivity index (χ4n) is 3.80. The number of nitrogens with one attached hydrogen (secondary N) is 1. The minimum Gasteiger partial charge on any atom is -0.300 e. The van der Waals surface area contributed by atoms with Crippen molar-refractivity contribution in [1.82, 2.24) is 23.3 Å². The van der Waals surface area contributed by atoms with E-state index in [1.165, 1.54) is 24.0 Å². The molecule has 36 heavy (non-hydrogen) atoms. The maximum absolute atomic E-state index is 13.9. The number of nitrogens with zero attached hydrogens (tertiary/aromatic N) is 5. The molecule has 10 nitrogen and oxygen atoms in total. The number of anilines is 1. The molecule has 0 bridgehead atoms. The number of halogens is 4. The molecule has 4 rings (SSSR count). The van der Waals surface area contributed by atoms with Crippen molar-refractivity contribution >= 4 is 33.5 Å². The maximum atomic E-state index is 13.9. The topological polar surface area (TPSA) is 113 Å². The third-order valence-corrected chi connectivity index (χ3v) is 6.29. The van der Waals surface area contributed by atoms with Crippen LogP contribution in [0.5, 0.6) is 0 Å². The average Bonchev–Trinajstić information content (AvgIpc) is 3.38. The number of carbonyl (C=O) groups is 1. The number of aromatic nitrogens is 5. The first kappa shape index (κ1) is 25.1. The van der Waals surface area contributed by atoms with Gasteiger partial charge in [-0.2, -0.15) is 13.2 Å². The molecule has 0 aliphatic heterocycles. The van der Waals surface area contributed by atoms with Crippen molar-refractivity contribution < 1.29 is 22.4 Å². The lowest BCUT2D eigenvalue weighted by molar-refractivity contribution is -0.140. The number of benzene rings is 1. The fourth-order valence-corrected chi connectivity index (χ4v) is 4.53. The van der Waals surface area contributed by atoms with E-state index in [2.05, 4.69) is 10.3 Å². The van der Waals surface area contributed by atoms with Crippen LogP contribution < -0.4 is 22.3 Å². The first-order chi connectivity index (χ1) is 16.8. The van der Waals surface area contributed by atoms with Crippen LogP contribution in [-0.2, 0) is 38.2 Å². The van der Waals surface area contributed by atoms with Crippen LogP contribution >= 0.6 is 11.3 Å². The fraction of sp³-hybridized carbons (Fsp3) is 0.286. The van der Waals surface area contributed by atoms with Crippen molar-refractivity contribution in [2.24, 2.45) is 14.1 Å². The Morgan fingerprint density at radius 2 is 1.78 bits per heavy atom. The molecule has 0 aliphatic rings. The van der Waals surface area contributed by atoms with E-state index in [1.807, 2.05) is 0 Å². The lowest BCUT2D eigenvalue weighted by Crippen LogP contribution is -2.38. The van der Waals surface area contributed by atoms with Crippen LogP contribution in [0.1, 0.15) is 12.5 Å². The minimum absolute atomic E-state index is 0.0443. The van der Waals surface area contributed by atoms with Crippen molar-refractivity contribution in [3.8, 4) is 11.3 Å². The van der Waals surface area contributed by atoms with Crippen LogP contribution in [0, 0.1) is 5.82 Å². The molecule has 0 saturated heterocycles. The highest BCUT2D eigenvalue weighted by atomic mass is 32.1. The molecule has 4 aromatic rings. The first-order valence-corrected chi connectivity index (χ1v) is 11.2. The Morgan fingerprint density at radius 1 is 1.08 bits per heavy atom. The molecule has 0 saturated carbocycles. The largest absolute Gasteiger partial charge is 0.419 e. The molecule has 0 spiro atoms. The summed E-state index contributed by atoms with van der Waals surface area (Å²) in [4.78, 5) is 54.8. The molecule has 15 heteroatoms. The second-order valence-electron chi connectivity index (χ2n) is 7.77. The van der Waals surface area contributed by atoms with Crippen LogP contribution in [-0.4, -0.2) is 29.2 Å². The van der Waals surface area contributed by atoms with Gasteiger partial charge in [0.25, 0.3) is 5.56 Å². The van der Waals surface area contributed by atoms with Crippen LogP contribution in [0.3, 0.4) is 0 Å². The van der Waals surface area contributed by atoms with Gasteiger partial charge in [-0.05, 0) is 19.1 Å². The van der Waals surface area contributed by atoms with E-state index >= 15 is 0 Å². The summed E-state index contributed by atoms with van der Waals surface area (Å²) in [7, 11) is 2.66. The third kappa shape index (κ3) is 4.14. The number of aryl methyl sites for hydroxylation is 2. The molecule has 1 N–H and O–H groups in total. The highest BCUT2D eigenvalue weighted by molar-refractivity contribution is 7.14. The highest BCUT2D eigenvalue weighted by Gasteiger charge is 2.34. The van der Waals surface area contributed by atoms with Gasteiger partial charge >= 0.3 is 17.6 Å². The van der Waals surface area contributed by atoms with E-state index in [4.69, 9.17) is 0 Å². The minimum atomic E-state index is -4.84. The zero-order valence-electron chi connectivity index (χ0n) is 19.0. The number of fused-ring (bicyclic) bond motifs is 1. The molecule has 0 fully saturated rings. The molecule has 1 amide bonds. The zero-order valence-corrected chi connectivity index (χ0v) is 19.8. The quantitative estimate of drug-likeness (QED) is 0.401. The molecule has 190 valence electrons. The van der Waals surface area contributed by atoms with Crippen molar-refractivity contribution in [3.05, 3.63) is 66.3 Å². The second-order valence-corrected chi connectivity index (χ2v) is 8.63. The summed E-state index contributed by atoms with van der Waals surface area (Å²) in [6.07, 6.45) is -4.84. The average molecular weight is 526 g/mol. The Hall–Kier alpha value is -4.01. The summed E-state index contributed by atoms with van der Waals surface area (Å²) < 4.78 is 56.4. The van der Waals surface area contributed by atoms with Crippen LogP contribution in [0.2, 0.25) is 0 Å². The van der Waals surface area contributed by atoms with Gasteiger partial charge in [-0.3, -0.25) is 27.9 Å². The van der Waals surface area contributed by atoms with E-state index in [9.17, 15) is 36.7 Å². The summed E-state index contributed by atoms with van der Waals surface area (Å²) >= 11 is 0.935. The Morgan fingerprint density at radius 3 is 2.39 bits per heavy atom. The second kappa shape index (κ2) is 8.89. The summed E-state index contributed by atoms with van der Waals surface area (Å²) in [5.41, 5.74) is -3.30. The van der Waals surface area contributed by atoms with Gasteiger partial charge in [0.2, 0.25) is 5.91 Å². The summed E-state index contributed by atoms with van der Waals surface area (Å²) in [5.74, 6) is -2.18. The number of rotatable bonds is 5. The van der Waals surface area contributed by atoms with E-state index in [1.54, 1.807) is 6.92 Å². The van der Waals surface area contributed by atoms with Crippen molar-refractivity contribution in [1.29, 1.82) is 0 Å².